The smallest absolute Gasteiger partial charge is 0.0223 e. The van der Waals surface area contributed by atoms with E-state index in [9.17, 15) is 0 Å². The van der Waals surface area contributed by atoms with Crippen LogP contribution in [0.25, 0.3) is 0 Å². The lowest BCUT2D eigenvalue weighted by Gasteiger charge is -2.37. The Hall–Kier alpha value is -0.0800. The maximum absolute atomic E-state index is 3.89. The molecule has 1 heterocycles. The van der Waals surface area contributed by atoms with Gasteiger partial charge < -0.3 is 5.32 Å². The van der Waals surface area contributed by atoms with Gasteiger partial charge in [0.1, 0.15) is 0 Å². The van der Waals surface area contributed by atoms with Gasteiger partial charge in [0.25, 0.3) is 0 Å². The lowest BCUT2D eigenvalue weighted by atomic mass is 9.83. The largest absolute Gasteiger partial charge is 0.312 e. The van der Waals surface area contributed by atoms with Gasteiger partial charge in [-0.25, -0.2) is 0 Å². The van der Waals surface area contributed by atoms with Gasteiger partial charge in [0.05, 0.1) is 0 Å². The number of nitrogens with one attached hydrogen (secondary N) is 1. The van der Waals surface area contributed by atoms with Crippen molar-refractivity contribution >= 4 is 0 Å². The SMILES string of the molecule is CCCNC(CN1C(C)CCC1CC)C1CCCCC1. The zero-order valence-electron chi connectivity index (χ0n) is 14.0. The molecule has 2 rings (SSSR count). The van der Waals surface area contributed by atoms with Crippen molar-refractivity contribution in [2.24, 2.45) is 5.92 Å². The average molecular weight is 280 g/mol. The molecule has 2 nitrogen and oxygen atoms in total. The maximum Gasteiger partial charge on any atom is 0.0223 e. The van der Waals surface area contributed by atoms with E-state index in [-0.39, 0.29) is 0 Å². The van der Waals surface area contributed by atoms with Crippen LogP contribution in [-0.2, 0) is 0 Å². The Labute approximate surface area is 126 Å². The van der Waals surface area contributed by atoms with Crippen LogP contribution >= 0.6 is 0 Å². The Bertz CT molecular complexity index is 260. The van der Waals surface area contributed by atoms with Crippen LogP contribution in [0.15, 0.2) is 0 Å². The molecule has 3 atom stereocenters. The number of rotatable bonds is 7. The quantitative estimate of drug-likeness (QED) is 0.752. The summed E-state index contributed by atoms with van der Waals surface area (Å²) in [5, 5.41) is 3.89. The summed E-state index contributed by atoms with van der Waals surface area (Å²) in [6.07, 6.45) is 12.7. The van der Waals surface area contributed by atoms with Crippen molar-refractivity contribution < 1.29 is 0 Å². The number of hydrogen-bond acceptors (Lipinski definition) is 2. The molecule has 0 bridgehead atoms. The van der Waals surface area contributed by atoms with E-state index >= 15 is 0 Å². The van der Waals surface area contributed by atoms with Gasteiger partial charge in [0, 0.05) is 24.7 Å². The molecule has 0 aromatic carbocycles. The van der Waals surface area contributed by atoms with E-state index in [1.165, 1.54) is 70.9 Å². The van der Waals surface area contributed by atoms with Gasteiger partial charge in [-0.05, 0) is 57.9 Å². The summed E-state index contributed by atoms with van der Waals surface area (Å²) < 4.78 is 0. The van der Waals surface area contributed by atoms with E-state index < -0.39 is 0 Å². The van der Waals surface area contributed by atoms with Crippen LogP contribution in [0.5, 0.6) is 0 Å². The average Bonchev–Trinajstić information content (AvgIpc) is 2.84. The Morgan fingerprint density at radius 2 is 1.80 bits per heavy atom. The van der Waals surface area contributed by atoms with E-state index in [1.54, 1.807) is 0 Å². The lowest BCUT2D eigenvalue weighted by molar-refractivity contribution is 0.142. The van der Waals surface area contributed by atoms with Crippen LogP contribution in [-0.4, -0.2) is 36.1 Å². The summed E-state index contributed by atoms with van der Waals surface area (Å²) in [4.78, 5) is 2.82. The minimum Gasteiger partial charge on any atom is -0.312 e. The van der Waals surface area contributed by atoms with Gasteiger partial charge in [-0.1, -0.05) is 33.1 Å². The monoisotopic (exact) mass is 280 g/mol. The van der Waals surface area contributed by atoms with Crippen molar-refractivity contribution in [1.29, 1.82) is 0 Å². The van der Waals surface area contributed by atoms with Crippen molar-refractivity contribution in [3.8, 4) is 0 Å². The molecule has 20 heavy (non-hydrogen) atoms. The topological polar surface area (TPSA) is 15.3 Å². The summed E-state index contributed by atoms with van der Waals surface area (Å²) in [7, 11) is 0. The first kappa shape index (κ1) is 16.3. The highest BCUT2D eigenvalue weighted by Crippen LogP contribution is 2.31. The molecular formula is C18H36N2. The zero-order chi connectivity index (χ0) is 14.4. The third-order valence-corrected chi connectivity index (χ3v) is 5.71. The Morgan fingerprint density at radius 3 is 2.45 bits per heavy atom. The molecule has 0 aromatic heterocycles. The summed E-state index contributed by atoms with van der Waals surface area (Å²) >= 11 is 0. The Morgan fingerprint density at radius 1 is 1.05 bits per heavy atom. The van der Waals surface area contributed by atoms with Gasteiger partial charge in [0.2, 0.25) is 0 Å². The van der Waals surface area contributed by atoms with E-state index in [0.29, 0.717) is 0 Å². The maximum atomic E-state index is 3.89. The minimum absolute atomic E-state index is 0.741. The van der Waals surface area contributed by atoms with Crippen molar-refractivity contribution in [2.45, 2.75) is 96.7 Å². The van der Waals surface area contributed by atoms with Crippen molar-refractivity contribution in [2.75, 3.05) is 13.1 Å². The second-order valence-electron chi connectivity index (χ2n) is 7.14. The van der Waals surface area contributed by atoms with Crippen LogP contribution in [0.4, 0.5) is 0 Å². The predicted octanol–water partition coefficient (Wildman–Crippen LogP) is 4.20. The van der Waals surface area contributed by atoms with Crippen LogP contribution in [0, 0.1) is 5.92 Å². The molecule has 1 saturated heterocycles. The second kappa shape index (κ2) is 8.38. The molecule has 0 aromatic rings. The van der Waals surface area contributed by atoms with Crippen molar-refractivity contribution in [3.05, 3.63) is 0 Å². The highest BCUT2D eigenvalue weighted by atomic mass is 15.2. The fourth-order valence-electron chi connectivity index (χ4n) is 4.37. The number of nitrogens with zero attached hydrogens (tertiary/aromatic N) is 1. The van der Waals surface area contributed by atoms with Crippen molar-refractivity contribution in [3.63, 3.8) is 0 Å². The summed E-state index contributed by atoms with van der Waals surface area (Å²) in [5.41, 5.74) is 0. The zero-order valence-corrected chi connectivity index (χ0v) is 14.0. The standard InChI is InChI=1S/C18H36N2/c1-4-13-19-18(16-9-7-6-8-10-16)14-20-15(3)11-12-17(20)5-2/h15-19H,4-14H2,1-3H3. The van der Waals surface area contributed by atoms with E-state index in [2.05, 4.69) is 31.0 Å². The van der Waals surface area contributed by atoms with Gasteiger partial charge in [-0.3, -0.25) is 4.90 Å². The molecule has 3 unspecified atom stereocenters. The third kappa shape index (κ3) is 4.21. The molecule has 1 saturated carbocycles. The second-order valence-corrected chi connectivity index (χ2v) is 7.14. The van der Waals surface area contributed by atoms with Crippen LogP contribution < -0.4 is 5.32 Å². The van der Waals surface area contributed by atoms with Crippen LogP contribution in [0.3, 0.4) is 0 Å². The predicted molar refractivity (Wildman–Crippen MR) is 88.1 cm³/mol. The Kier molecular flexibility index (Phi) is 6.83. The first-order chi connectivity index (χ1) is 9.76. The van der Waals surface area contributed by atoms with Crippen molar-refractivity contribution in [1.82, 2.24) is 10.2 Å². The number of hydrogen-bond donors (Lipinski definition) is 1. The molecule has 2 heteroatoms. The molecule has 118 valence electrons. The van der Waals surface area contributed by atoms with Gasteiger partial charge >= 0.3 is 0 Å². The summed E-state index contributed by atoms with van der Waals surface area (Å²) in [6, 6.07) is 2.39. The molecule has 1 aliphatic carbocycles. The van der Waals surface area contributed by atoms with E-state index in [4.69, 9.17) is 0 Å². The van der Waals surface area contributed by atoms with Gasteiger partial charge in [-0.15, -0.1) is 0 Å². The van der Waals surface area contributed by atoms with Crippen LogP contribution in [0.2, 0.25) is 0 Å². The molecule has 2 aliphatic rings. The first-order valence-corrected chi connectivity index (χ1v) is 9.25. The van der Waals surface area contributed by atoms with Gasteiger partial charge in [-0.2, -0.15) is 0 Å². The number of likely N-dealkylation sites (tertiary alicyclic amines) is 1. The summed E-state index contributed by atoms with van der Waals surface area (Å²) in [6.45, 7) is 9.58. The molecule has 0 radical (unpaired) electrons. The molecule has 0 amide bonds. The van der Waals surface area contributed by atoms with E-state index in [0.717, 1.165) is 24.0 Å². The molecule has 2 fully saturated rings. The first-order valence-electron chi connectivity index (χ1n) is 9.25. The Balaban J connectivity index is 1.94. The normalized spacial score (nSPS) is 30.8. The third-order valence-electron chi connectivity index (χ3n) is 5.71. The highest BCUT2D eigenvalue weighted by Gasteiger charge is 2.33. The molecule has 1 N–H and O–H groups in total. The molecule has 1 aliphatic heterocycles. The van der Waals surface area contributed by atoms with Gasteiger partial charge in [0.15, 0.2) is 0 Å². The minimum atomic E-state index is 0.741. The fraction of sp³-hybridized carbons (Fsp3) is 1.00. The lowest BCUT2D eigenvalue weighted by Crippen LogP contribution is -2.49. The highest BCUT2D eigenvalue weighted by molar-refractivity contribution is 4.90. The van der Waals surface area contributed by atoms with E-state index in [1.807, 2.05) is 0 Å². The molecular weight excluding hydrogens is 244 g/mol. The fourth-order valence-corrected chi connectivity index (χ4v) is 4.37. The summed E-state index contributed by atoms with van der Waals surface area (Å²) in [5.74, 6) is 0.931. The molecule has 0 spiro atoms. The van der Waals surface area contributed by atoms with Crippen LogP contribution in [0.1, 0.15) is 78.6 Å².